The van der Waals surface area contributed by atoms with Gasteiger partial charge in [0.25, 0.3) is 0 Å². The first-order valence-corrected chi connectivity index (χ1v) is 11.8. The highest BCUT2D eigenvalue weighted by Crippen LogP contribution is 2.29. The average molecular weight is 539 g/mol. The first kappa shape index (κ1) is 30.5. The summed E-state index contributed by atoms with van der Waals surface area (Å²) in [5.74, 6) is -0.337. The van der Waals surface area contributed by atoms with Crippen molar-refractivity contribution < 1.29 is 41.8 Å². The number of alkyl halides is 3. The molecule has 8 nitrogen and oxygen atoms in total. The lowest BCUT2D eigenvalue weighted by molar-refractivity contribution is -0.137. The molecule has 1 atom stereocenters. The molecule has 0 saturated carbocycles. The van der Waals surface area contributed by atoms with E-state index >= 15 is 0 Å². The summed E-state index contributed by atoms with van der Waals surface area (Å²) in [5, 5.41) is 5.16. The molecule has 0 radical (unpaired) electrons. The van der Waals surface area contributed by atoms with E-state index in [4.69, 9.17) is 14.2 Å². The van der Waals surface area contributed by atoms with Crippen LogP contribution in [-0.4, -0.2) is 35.4 Å². The number of carbonyl (C=O) groups is 3. The van der Waals surface area contributed by atoms with E-state index in [1.54, 1.807) is 53.7 Å². The minimum absolute atomic E-state index is 0.0495. The Balaban J connectivity index is 2.09. The number of hydrogen-bond donors (Lipinski definition) is 2. The van der Waals surface area contributed by atoms with E-state index in [0.29, 0.717) is 11.1 Å². The summed E-state index contributed by atoms with van der Waals surface area (Å²) >= 11 is 0. The summed E-state index contributed by atoms with van der Waals surface area (Å²) < 4.78 is 53.9. The fourth-order valence-corrected chi connectivity index (χ4v) is 3.08. The molecule has 2 rings (SSSR count). The van der Waals surface area contributed by atoms with Crippen LogP contribution < -0.4 is 15.4 Å². The zero-order valence-corrected chi connectivity index (χ0v) is 22.2. The van der Waals surface area contributed by atoms with E-state index in [9.17, 15) is 27.6 Å². The molecule has 0 aliphatic rings. The molecule has 0 bridgehead atoms. The number of alkyl carbamates (subject to hydrolysis) is 1. The quantitative estimate of drug-likeness (QED) is 0.343. The van der Waals surface area contributed by atoms with Gasteiger partial charge in [-0.25, -0.2) is 9.59 Å². The van der Waals surface area contributed by atoms with Crippen LogP contribution >= 0.6 is 0 Å². The summed E-state index contributed by atoms with van der Waals surface area (Å²) in [7, 11) is 0. The maximum atomic E-state index is 12.9. The van der Waals surface area contributed by atoms with Crippen molar-refractivity contribution in [2.45, 2.75) is 77.9 Å². The Morgan fingerprint density at radius 1 is 0.789 bits per heavy atom. The van der Waals surface area contributed by atoms with Gasteiger partial charge < -0.3 is 24.8 Å². The van der Waals surface area contributed by atoms with Gasteiger partial charge in [-0.2, -0.15) is 13.2 Å². The summed E-state index contributed by atoms with van der Waals surface area (Å²) in [5.41, 5.74) is -1.23. The number of ether oxygens (including phenoxy) is 3. The number of amides is 2. The van der Waals surface area contributed by atoms with Crippen molar-refractivity contribution in [1.29, 1.82) is 0 Å². The lowest BCUT2D eigenvalue weighted by Crippen LogP contribution is -2.49. The van der Waals surface area contributed by atoms with E-state index in [0.717, 1.165) is 12.1 Å². The standard InChI is InChI=1S/C27H33F3N2O6/c1-25(2,3)37-23(34)32-21(22(33)31-16-18-7-11-19(12-8-18)27(28,29)30)15-17-9-13-20(14-10-17)36-24(35)38-26(4,5)6/h7-14,21H,15-16H2,1-6H3,(H,31,33)(H,32,34). The van der Waals surface area contributed by atoms with Gasteiger partial charge in [0.05, 0.1) is 5.56 Å². The first-order chi connectivity index (χ1) is 17.4. The topological polar surface area (TPSA) is 103 Å². The van der Waals surface area contributed by atoms with Crippen LogP contribution in [0.4, 0.5) is 22.8 Å². The van der Waals surface area contributed by atoms with Crippen LogP contribution in [0.25, 0.3) is 0 Å². The molecule has 0 aromatic heterocycles. The van der Waals surface area contributed by atoms with E-state index in [2.05, 4.69) is 10.6 Å². The van der Waals surface area contributed by atoms with E-state index in [-0.39, 0.29) is 18.7 Å². The van der Waals surface area contributed by atoms with Gasteiger partial charge >= 0.3 is 18.4 Å². The maximum absolute atomic E-state index is 12.9. The molecule has 11 heteroatoms. The van der Waals surface area contributed by atoms with Crippen molar-refractivity contribution in [3.8, 4) is 5.75 Å². The third-order valence-corrected chi connectivity index (χ3v) is 4.71. The molecule has 0 spiro atoms. The Morgan fingerprint density at radius 2 is 1.32 bits per heavy atom. The normalized spacial score (nSPS) is 12.8. The number of benzene rings is 2. The lowest BCUT2D eigenvalue weighted by atomic mass is 10.0. The molecule has 2 aromatic rings. The van der Waals surface area contributed by atoms with Crippen LogP contribution in [0, 0.1) is 0 Å². The molecule has 1 unspecified atom stereocenters. The van der Waals surface area contributed by atoms with Crippen molar-refractivity contribution in [3.63, 3.8) is 0 Å². The summed E-state index contributed by atoms with van der Waals surface area (Å²) in [6, 6.07) is 9.60. The third kappa shape index (κ3) is 11.1. The van der Waals surface area contributed by atoms with Gasteiger partial charge in [-0.05, 0) is 76.9 Å². The largest absolute Gasteiger partial charge is 0.514 e. The Labute approximate surface area is 219 Å². The SMILES string of the molecule is CC(C)(C)OC(=O)NC(Cc1ccc(OC(=O)OC(C)(C)C)cc1)C(=O)NCc1ccc(C(F)(F)F)cc1. The number of halogens is 3. The molecular weight excluding hydrogens is 505 g/mol. The number of carbonyl (C=O) groups excluding carboxylic acids is 3. The van der Waals surface area contributed by atoms with Crippen molar-refractivity contribution in [1.82, 2.24) is 10.6 Å². The van der Waals surface area contributed by atoms with E-state index in [1.807, 2.05) is 0 Å². The van der Waals surface area contributed by atoms with Crippen LogP contribution in [0.15, 0.2) is 48.5 Å². The lowest BCUT2D eigenvalue weighted by Gasteiger charge is -2.23. The van der Waals surface area contributed by atoms with Gasteiger partial charge in [0, 0.05) is 13.0 Å². The summed E-state index contributed by atoms with van der Waals surface area (Å²) in [6.45, 7) is 10.1. The van der Waals surface area contributed by atoms with Crippen molar-refractivity contribution in [2.75, 3.05) is 0 Å². The molecule has 0 aliphatic carbocycles. The smallest absolute Gasteiger partial charge is 0.444 e. The fraction of sp³-hybridized carbons (Fsp3) is 0.444. The number of nitrogens with one attached hydrogen (secondary N) is 2. The Kier molecular flexibility index (Phi) is 9.77. The Hall–Kier alpha value is -3.76. The van der Waals surface area contributed by atoms with Crippen molar-refractivity contribution >= 4 is 18.2 Å². The highest BCUT2D eigenvalue weighted by molar-refractivity contribution is 5.86. The third-order valence-electron chi connectivity index (χ3n) is 4.71. The van der Waals surface area contributed by atoms with Crippen LogP contribution in [0.2, 0.25) is 0 Å². The molecule has 2 amide bonds. The monoisotopic (exact) mass is 538 g/mol. The van der Waals surface area contributed by atoms with Gasteiger partial charge in [0.15, 0.2) is 0 Å². The van der Waals surface area contributed by atoms with Crippen LogP contribution in [0.5, 0.6) is 5.75 Å². The summed E-state index contributed by atoms with van der Waals surface area (Å²) in [4.78, 5) is 37.2. The minimum Gasteiger partial charge on any atom is -0.444 e. The fourth-order valence-electron chi connectivity index (χ4n) is 3.08. The van der Waals surface area contributed by atoms with Crippen LogP contribution in [0.1, 0.15) is 58.2 Å². The Bertz CT molecular complexity index is 1100. The molecule has 0 saturated heterocycles. The van der Waals surface area contributed by atoms with Gasteiger partial charge in [-0.15, -0.1) is 0 Å². The second-order valence-corrected chi connectivity index (χ2v) is 10.5. The molecule has 0 heterocycles. The second kappa shape index (κ2) is 12.2. The zero-order valence-electron chi connectivity index (χ0n) is 22.2. The summed E-state index contributed by atoms with van der Waals surface area (Å²) in [6.07, 6.45) is -6.07. The molecule has 0 aliphatic heterocycles. The molecule has 208 valence electrons. The highest BCUT2D eigenvalue weighted by atomic mass is 19.4. The van der Waals surface area contributed by atoms with Crippen LogP contribution in [0.3, 0.4) is 0 Å². The molecule has 2 aromatic carbocycles. The number of hydrogen-bond acceptors (Lipinski definition) is 6. The molecule has 2 N–H and O–H groups in total. The zero-order chi connectivity index (χ0) is 28.7. The molecule has 0 fully saturated rings. The van der Waals surface area contributed by atoms with Crippen molar-refractivity contribution in [2.24, 2.45) is 0 Å². The second-order valence-electron chi connectivity index (χ2n) is 10.5. The predicted molar refractivity (Wildman–Crippen MR) is 133 cm³/mol. The van der Waals surface area contributed by atoms with E-state index < -0.39 is 47.1 Å². The average Bonchev–Trinajstić information content (AvgIpc) is 2.75. The van der Waals surface area contributed by atoms with Gasteiger partial charge in [-0.3, -0.25) is 4.79 Å². The highest BCUT2D eigenvalue weighted by Gasteiger charge is 2.30. The Morgan fingerprint density at radius 3 is 1.82 bits per heavy atom. The van der Waals surface area contributed by atoms with E-state index in [1.165, 1.54) is 24.3 Å². The van der Waals surface area contributed by atoms with Gasteiger partial charge in [0.1, 0.15) is 23.0 Å². The molecular formula is C27H33F3N2O6. The predicted octanol–water partition coefficient (Wildman–Crippen LogP) is 5.77. The van der Waals surface area contributed by atoms with Crippen LogP contribution in [-0.2, 0) is 33.4 Å². The molecule has 38 heavy (non-hydrogen) atoms. The maximum Gasteiger partial charge on any atom is 0.514 e. The van der Waals surface area contributed by atoms with Gasteiger partial charge in [-0.1, -0.05) is 24.3 Å². The van der Waals surface area contributed by atoms with Gasteiger partial charge in [0.2, 0.25) is 5.91 Å². The van der Waals surface area contributed by atoms with Crippen molar-refractivity contribution in [3.05, 3.63) is 65.2 Å². The number of rotatable bonds is 7. The first-order valence-electron chi connectivity index (χ1n) is 11.8. The minimum atomic E-state index is -4.46.